The average molecular weight is 393 g/mol. The molecule has 3 rings (SSSR count). The van der Waals surface area contributed by atoms with Gasteiger partial charge >= 0.3 is 6.03 Å². The number of nitrogens with one attached hydrogen (secondary N) is 2. The fraction of sp³-hybridized carbons (Fsp3) is 0.227. The lowest BCUT2D eigenvalue weighted by molar-refractivity contribution is -0.137. The lowest BCUT2D eigenvalue weighted by Crippen LogP contribution is -2.48. The number of hydrogen-bond donors (Lipinski definition) is 2. The van der Waals surface area contributed by atoms with E-state index in [0.717, 1.165) is 16.1 Å². The normalized spacial score (nSPS) is 18.8. The van der Waals surface area contributed by atoms with Crippen molar-refractivity contribution >= 4 is 23.9 Å². The molecule has 1 unspecified atom stereocenters. The number of carbonyl (C=O) groups excluding carboxylic acids is 3. The summed E-state index contributed by atoms with van der Waals surface area (Å²) in [6, 6.07) is 16.2. The molecule has 7 nitrogen and oxygen atoms in total. The molecule has 7 heteroatoms. The predicted octanol–water partition coefficient (Wildman–Crippen LogP) is 2.68. The molecule has 1 heterocycles. The van der Waals surface area contributed by atoms with Crippen molar-refractivity contribution in [3.63, 3.8) is 0 Å². The summed E-state index contributed by atoms with van der Waals surface area (Å²) in [4.78, 5) is 37.1. The summed E-state index contributed by atoms with van der Waals surface area (Å²) in [5, 5.41) is 3.42. The molecule has 1 aliphatic rings. The van der Waals surface area contributed by atoms with Gasteiger partial charge in [-0.25, -0.2) is 4.79 Å². The maximum absolute atomic E-state index is 12.7. The molecule has 150 valence electrons. The quantitative estimate of drug-likeness (QED) is 0.559. The summed E-state index contributed by atoms with van der Waals surface area (Å²) < 4.78 is 5.08. The van der Waals surface area contributed by atoms with Crippen LogP contribution in [0.3, 0.4) is 0 Å². The minimum atomic E-state index is -1.07. The molecule has 2 aromatic rings. The molecule has 1 atom stereocenters. The van der Waals surface area contributed by atoms with Crippen molar-refractivity contribution in [3.05, 3.63) is 71.8 Å². The van der Waals surface area contributed by atoms with E-state index in [2.05, 4.69) is 10.7 Å². The summed E-state index contributed by atoms with van der Waals surface area (Å²) in [6.07, 6.45) is 3.90. The summed E-state index contributed by atoms with van der Waals surface area (Å²) in [7, 11) is 1.57. The second-order valence-corrected chi connectivity index (χ2v) is 6.97. The second kappa shape index (κ2) is 8.60. The first-order valence-corrected chi connectivity index (χ1v) is 9.25. The van der Waals surface area contributed by atoms with Crippen LogP contribution in [0.5, 0.6) is 5.75 Å². The van der Waals surface area contributed by atoms with Crippen LogP contribution in [0.25, 0.3) is 6.08 Å². The zero-order valence-corrected chi connectivity index (χ0v) is 16.3. The van der Waals surface area contributed by atoms with Crippen LogP contribution in [0.2, 0.25) is 0 Å². The number of hydrazine groups is 1. The smallest absolute Gasteiger partial charge is 0.344 e. The zero-order valence-electron chi connectivity index (χ0n) is 16.3. The van der Waals surface area contributed by atoms with E-state index >= 15 is 0 Å². The summed E-state index contributed by atoms with van der Waals surface area (Å²) in [6.45, 7) is 1.66. The first-order chi connectivity index (χ1) is 13.9. The van der Waals surface area contributed by atoms with E-state index in [0.29, 0.717) is 18.6 Å². The molecule has 0 bridgehead atoms. The van der Waals surface area contributed by atoms with Gasteiger partial charge in [0.1, 0.15) is 11.3 Å². The maximum Gasteiger partial charge on any atom is 0.344 e. The highest BCUT2D eigenvalue weighted by Gasteiger charge is 2.48. The van der Waals surface area contributed by atoms with Crippen LogP contribution in [0.1, 0.15) is 24.5 Å². The molecule has 2 aromatic carbocycles. The molecule has 2 N–H and O–H groups in total. The van der Waals surface area contributed by atoms with Crippen LogP contribution < -0.4 is 15.5 Å². The summed E-state index contributed by atoms with van der Waals surface area (Å²) in [5.74, 6) is -0.345. The molecular formula is C22H23N3O4. The second-order valence-electron chi connectivity index (χ2n) is 6.97. The molecule has 4 amide bonds. The Morgan fingerprint density at radius 2 is 1.83 bits per heavy atom. The van der Waals surface area contributed by atoms with Gasteiger partial charge in [-0.1, -0.05) is 42.5 Å². The lowest BCUT2D eigenvalue weighted by atomic mass is 9.93. The van der Waals surface area contributed by atoms with E-state index in [9.17, 15) is 14.4 Å². The van der Waals surface area contributed by atoms with Crippen molar-refractivity contribution in [3.8, 4) is 5.75 Å². The number of rotatable bonds is 7. The Balaban J connectivity index is 1.59. The fourth-order valence-corrected chi connectivity index (χ4v) is 3.03. The van der Waals surface area contributed by atoms with Gasteiger partial charge in [0.2, 0.25) is 0 Å². The monoisotopic (exact) mass is 393 g/mol. The molecule has 0 aliphatic carbocycles. The van der Waals surface area contributed by atoms with Gasteiger partial charge in [-0.05, 0) is 49.1 Å². The maximum atomic E-state index is 12.7. The Labute approximate surface area is 169 Å². The van der Waals surface area contributed by atoms with Crippen molar-refractivity contribution in [2.45, 2.75) is 25.3 Å². The fourth-order valence-electron chi connectivity index (χ4n) is 3.03. The van der Waals surface area contributed by atoms with E-state index in [1.807, 2.05) is 30.3 Å². The Kier molecular flexibility index (Phi) is 5.97. The SMILES string of the molecule is COc1ccc(C=CC(=O)NN2C(=O)NC(C)(CCc3ccccc3)C2=O)cc1. The third-order valence-electron chi connectivity index (χ3n) is 4.78. The van der Waals surface area contributed by atoms with E-state index in [4.69, 9.17) is 4.74 Å². The van der Waals surface area contributed by atoms with E-state index in [-0.39, 0.29) is 0 Å². The van der Waals surface area contributed by atoms with Crippen molar-refractivity contribution in [1.82, 2.24) is 15.8 Å². The van der Waals surface area contributed by atoms with Gasteiger partial charge in [0.25, 0.3) is 11.8 Å². The van der Waals surface area contributed by atoms with Gasteiger partial charge in [0, 0.05) is 6.08 Å². The van der Waals surface area contributed by atoms with Gasteiger partial charge < -0.3 is 10.1 Å². The van der Waals surface area contributed by atoms with Gasteiger partial charge in [-0.3, -0.25) is 15.0 Å². The van der Waals surface area contributed by atoms with E-state index in [1.54, 1.807) is 44.4 Å². The summed E-state index contributed by atoms with van der Waals surface area (Å²) >= 11 is 0. The molecule has 0 saturated carbocycles. The zero-order chi connectivity index (χ0) is 20.9. The van der Waals surface area contributed by atoms with Crippen LogP contribution in [-0.4, -0.2) is 35.5 Å². The number of hydrogen-bond acceptors (Lipinski definition) is 4. The number of nitrogens with zero attached hydrogens (tertiary/aromatic N) is 1. The van der Waals surface area contributed by atoms with Crippen molar-refractivity contribution in [2.24, 2.45) is 0 Å². The highest BCUT2D eigenvalue weighted by Crippen LogP contribution is 2.22. The predicted molar refractivity (Wildman–Crippen MR) is 109 cm³/mol. The molecule has 0 radical (unpaired) electrons. The van der Waals surface area contributed by atoms with Crippen LogP contribution in [-0.2, 0) is 16.0 Å². The molecular weight excluding hydrogens is 370 g/mol. The molecule has 0 spiro atoms. The number of methoxy groups -OCH3 is 1. The van der Waals surface area contributed by atoms with Crippen LogP contribution in [0.4, 0.5) is 4.79 Å². The van der Waals surface area contributed by atoms with Crippen LogP contribution in [0, 0.1) is 0 Å². The van der Waals surface area contributed by atoms with Crippen LogP contribution >= 0.6 is 0 Å². The lowest BCUT2D eigenvalue weighted by Gasteiger charge is -2.21. The Hall–Kier alpha value is -3.61. The van der Waals surface area contributed by atoms with Gasteiger partial charge in [-0.15, -0.1) is 0 Å². The number of amides is 4. The number of benzene rings is 2. The molecule has 1 saturated heterocycles. The van der Waals surface area contributed by atoms with Crippen molar-refractivity contribution in [2.75, 3.05) is 7.11 Å². The van der Waals surface area contributed by atoms with Gasteiger partial charge in [0.05, 0.1) is 7.11 Å². The minimum Gasteiger partial charge on any atom is -0.497 e. The molecule has 0 aromatic heterocycles. The molecule has 1 fully saturated rings. The minimum absolute atomic E-state index is 0.426. The Morgan fingerprint density at radius 3 is 2.48 bits per heavy atom. The van der Waals surface area contributed by atoms with Gasteiger partial charge in [0.15, 0.2) is 0 Å². The Bertz CT molecular complexity index is 925. The number of urea groups is 1. The number of imide groups is 1. The van der Waals surface area contributed by atoms with E-state index in [1.165, 1.54) is 6.08 Å². The Morgan fingerprint density at radius 1 is 1.14 bits per heavy atom. The highest BCUT2D eigenvalue weighted by atomic mass is 16.5. The van der Waals surface area contributed by atoms with Crippen LogP contribution in [0.15, 0.2) is 60.7 Å². The molecule has 1 aliphatic heterocycles. The topological polar surface area (TPSA) is 87.7 Å². The standard InChI is InChI=1S/C22H23N3O4/c1-22(15-14-16-6-4-3-5-7-16)20(27)25(21(28)23-22)24-19(26)13-10-17-8-11-18(29-2)12-9-17/h3-13H,14-15H2,1-2H3,(H,23,28)(H,24,26). The van der Waals surface area contributed by atoms with Crippen molar-refractivity contribution in [1.29, 1.82) is 0 Å². The third-order valence-corrected chi connectivity index (χ3v) is 4.78. The largest absolute Gasteiger partial charge is 0.497 e. The third kappa shape index (κ3) is 4.82. The molecule has 29 heavy (non-hydrogen) atoms. The van der Waals surface area contributed by atoms with Crippen molar-refractivity contribution < 1.29 is 19.1 Å². The van der Waals surface area contributed by atoms with Gasteiger partial charge in [-0.2, -0.15) is 5.01 Å². The number of aryl methyl sites for hydroxylation is 1. The first-order valence-electron chi connectivity index (χ1n) is 9.25. The highest BCUT2D eigenvalue weighted by molar-refractivity contribution is 6.08. The number of ether oxygens (including phenoxy) is 1. The van der Waals surface area contributed by atoms with E-state index < -0.39 is 23.4 Å². The first kappa shape index (κ1) is 20.1. The number of carbonyl (C=O) groups is 3. The summed E-state index contributed by atoms with van der Waals surface area (Å²) in [5.41, 5.74) is 3.13. The average Bonchev–Trinajstić information content (AvgIpc) is 2.95.